The van der Waals surface area contributed by atoms with Crippen molar-refractivity contribution in [3.05, 3.63) is 42.0 Å². The molecule has 1 N–H and O–H groups in total. The molecular formula is C21H28IN3O3. The Morgan fingerprint density at radius 3 is 2.46 bits per heavy atom. The number of carbonyl (C=O) groups is 1. The van der Waals surface area contributed by atoms with Crippen molar-refractivity contribution in [3.63, 3.8) is 0 Å². The fourth-order valence-corrected chi connectivity index (χ4v) is 3.52. The van der Waals surface area contributed by atoms with Crippen LogP contribution in [0.1, 0.15) is 18.4 Å². The predicted molar refractivity (Wildman–Crippen MR) is 122 cm³/mol. The number of piperidine rings is 1. The van der Waals surface area contributed by atoms with Crippen molar-refractivity contribution < 1.29 is 14.3 Å². The van der Waals surface area contributed by atoms with E-state index in [2.05, 4.69) is 39.5 Å². The van der Waals surface area contributed by atoms with Gasteiger partial charge in [-0.15, -0.1) is 24.0 Å². The zero-order valence-corrected chi connectivity index (χ0v) is 18.9. The van der Waals surface area contributed by atoms with E-state index in [9.17, 15) is 4.79 Å². The van der Waals surface area contributed by atoms with E-state index in [4.69, 9.17) is 9.47 Å². The smallest absolute Gasteiger partial charge is 0.308 e. The molecule has 2 aromatic carbocycles. The zero-order chi connectivity index (χ0) is 19.2. The third-order valence-electron chi connectivity index (χ3n) is 5.10. The molecule has 1 saturated heterocycles. The van der Waals surface area contributed by atoms with Crippen LogP contribution in [-0.4, -0.2) is 51.2 Å². The molecule has 1 aliphatic heterocycles. The molecule has 0 bridgehead atoms. The van der Waals surface area contributed by atoms with Gasteiger partial charge in [0, 0.05) is 26.7 Å². The first-order valence-electron chi connectivity index (χ1n) is 9.24. The standard InChI is InChI=1S/C21H27N3O3.HI/c1-22-21(24-10-8-16(9-11-24)20(25)27-3)23-14-15-4-5-18-13-19(26-2)7-6-17(18)12-15;/h4-7,12-13,16H,8-11,14H2,1-3H3,(H,22,23);1H. The van der Waals surface area contributed by atoms with E-state index < -0.39 is 0 Å². The van der Waals surface area contributed by atoms with Gasteiger partial charge in [-0.1, -0.05) is 18.2 Å². The van der Waals surface area contributed by atoms with Gasteiger partial charge < -0.3 is 19.7 Å². The molecule has 0 radical (unpaired) electrons. The lowest BCUT2D eigenvalue weighted by Gasteiger charge is -2.33. The number of likely N-dealkylation sites (tertiary alicyclic amines) is 1. The van der Waals surface area contributed by atoms with E-state index in [-0.39, 0.29) is 35.9 Å². The van der Waals surface area contributed by atoms with Crippen molar-refractivity contribution >= 4 is 46.7 Å². The summed E-state index contributed by atoms with van der Waals surface area (Å²) >= 11 is 0. The highest BCUT2D eigenvalue weighted by Gasteiger charge is 2.26. The number of hydrogen-bond acceptors (Lipinski definition) is 4. The first-order valence-corrected chi connectivity index (χ1v) is 9.24. The van der Waals surface area contributed by atoms with E-state index in [1.165, 1.54) is 18.1 Å². The largest absolute Gasteiger partial charge is 0.497 e. The van der Waals surface area contributed by atoms with Crippen molar-refractivity contribution in [1.82, 2.24) is 10.2 Å². The Morgan fingerprint density at radius 1 is 1.14 bits per heavy atom. The van der Waals surface area contributed by atoms with Gasteiger partial charge in [0.15, 0.2) is 5.96 Å². The summed E-state index contributed by atoms with van der Waals surface area (Å²) in [6, 6.07) is 12.5. The van der Waals surface area contributed by atoms with Crippen LogP contribution in [0, 0.1) is 5.92 Å². The Balaban J connectivity index is 0.00000280. The molecule has 152 valence electrons. The third kappa shape index (κ3) is 5.27. The van der Waals surface area contributed by atoms with E-state index in [1.54, 1.807) is 14.2 Å². The molecule has 0 atom stereocenters. The summed E-state index contributed by atoms with van der Waals surface area (Å²) in [4.78, 5) is 18.3. The highest BCUT2D eigenvalue weighted by atomic mass is 127. The van der Waals surface area contributed by atoms with Crippen LogP contribution < -0.4 is 10.1 Å². The van der Waals surface area contributed by atoms with Crippen LogP contribution in [0.5, 0.6) is 5.75 Å². The Labute approximate surface area is 183 Å². The summed E-state index contributed by atoms with van der Waals surface area (Å²) < 4.78 is 10.1. The number of nitrogens with zero attached hydrogens (tertiary/aromatic N) is 2. The third-order valence-corrected chi connectivity index (χ3v) is 5.10. The second-order valence-corrected chi connectivity index (χ2v) is 6.73. The summed E-state index contributed by atoms with van der Waals surface area (Å²) in [7, 11) is 4.93. The fourth-order valence-electron chi connectivity index (χ4n) is 3.52. The number of ether oxygens (including phenoxy) is 2. The Bertz CT molecular complexity index is 833. The number of guanidine groups is 1. The second kappa shape index (κ2) is 10.5. The number of hydrogen-bond donors (Lipinski definition) is 1. The lowest BCUT2D eigenvalue weighted by atomic mass is 9.97. The van der Waals surface area contributed by atoms with Crippen LogP contribution in [0.4, 0.5) is 0 Å². The van der Waals surface area contributed by atoms with Crippen LogP contribution >= 0.6 is 24.0 Å². The molecule has 1 fully saturated rings. The average molecular weight is 497 g/mol. The van der Waals surface area contributed by atoms with Crippen molar-refractivity contribution in [2.45, 2.75) is 19.4 Å². The number of esters is 1. The van der Waals surface area contributed by atoms with Crippen LogP contribution in [0.25, 0.3) is 10.8 Å². The summed E-state index contributed by atoms with van der Waals surface area (Å²) in [6.45, 7) is 2.31. The maximum Gasteiger partial charge on any atom is 0.308 e. The highest BCUT2D eigenvalue weighted by molar-refractivity contribution is 14.0. The summed E-state index contributed by atoms with van der Waals surface area (Å²) in [5, 5.41) is 5.78. The molecule has 0 unspecified atom stereocenters. The summed E-state index contributed by atoms with van der Waals surface area (Å²) in [5.74, 6) is 1.63. The molecule has 0 aliphatic carbocycles. The topological polar surface area (TPSA) is 63.2 Å². The number of methoxy groups -OCH3 is 2. The second-order valence-electron chi connectivity index (χ2n) is 6.73. The van der Waals surface area contributed by atoms with Gasteiger partial charge in [0.1, 0.15) is 5.75 Å². The first kappa shape index (κ1) is 22.3. The number of aliphatic imine (C=N–C) groups is 1. The molecule has 1 aliphatic rings. The van der Waals surface area contributed by atoms with Crippen LogP contribution in [0.15, 0.2) is 41.4 Å². The molecule has 0 aromatic heterocycles. The van der Waals surface area contributed by atoms with Gasteiger partial charge in [-0.25, -0.2) is 0 Å². The normalized spacial score (nSPS) is 15.1. The zero-order valence-electron chi connectivity index (χ0n) is 16.6. The van der Waals surface area contributed by atoms with Crippen molar-refractivity contribution in [1.29, 1.82) is 0 Å². The van der Waals surface area contributed by atoms with Crippen LogP contribution in [0.2, 0.25) is 0 Å². The molecule has 28 heavy (non-hydrogen) atoms. The Morgan fingerprint density at radius 2 is 1.82 bits per heavy atom. The molecule has 3 rings (SSSR count). The lowest BCUT2D eigenvalue weighted by Crippen LogP contribution is -2.46. The van der Waals surface area contributed by atoms with Gasteiger partial charge in [0.2, 0.25) is 0 Å². The molecule has 0 spiro atoms. The highest BCUT2D eigenvalue weighted by Crippen LogP contribution is 2.22. The number of carbonyl (C=O) groups excluding carboxylic acids is 1. The molecule has 6 nitrogen and oxygen atoms in total. The Kier molecular flexibility index (Phi) is 8.35. The lowest BCUT2D eigenvalue weighted by molar-refractivity contribution is -0.146. The molecule has 7 heteroatoms. The van der Waals surface area contributed by atoms with Gasteiger partial charge in [-0.05, 0) is 47.4 Å². The van der Waals surface area contributed by atoms with Gasteiger partial charge in [0.05, 0.1) is 20.1 Å². The molecular weight excluding hydrogens is 469 g/mol. The fraction of sp³-hybridized carbons (Fsp3) is 0.429. The van der Waals surface area contributed by atoms with Crippen LogP contribution in [0.3, 0.4) is 0 Å². The van der Waals surface area contributed by atoms with E-state index in [0.29, 0.717) is 6.54 Å². The Hall–Kier alpha value is -2.03. The molecule has 0 amide bonds. The van der Waals surface area contributed by atoms with E-state index >= 15 is 0 Å². The van der Waals surface area contributed by atoms with Gasteiger partial charge in [-0.3, -0.25) is 9.79 Å². The number of benzene rings is 2. The monoisotopic (exact) mass is 497 g/mol. The number of rotatable bonds is 4. The van der Waals surface area contributed by atoms with Gasteiger partial charge in [0.25, 0.3) is 0 Å². The average Bonchev–Trinajstić information content (AvgIpc) is 2.73. The van der Waals surface area contributed by atoms with Gasteiger partial charge in [-0.2, -0.15) is 0 Å². The minimum Gasteiger partial charge on any atom is -0.497 e. The number of fused-ring (bicyclic) bond motifs is 1. The molecule has 1 heterocycles. The molecule has 0 saturated carbocycles. The van der Waals surface area contributed by atoms with Gasteiger partial charge >= 0.3 is 5.97 Å². The van der Waals surface area contributed by atoms with E-state index in [0.717, 1.165) is 43.0 Å². The van der Waals surface area contributed by atoms with Crippen LogP contribution in [-0.2, 0) is 16.1 Å². The predicted octanol–water partition coefficient (Wildman–Crippen LogP) is 3.43. The number of nitrogens with one attached hydrogen (secondary N) is 1. The minimum atomic E-state index is -0.106. The van der Waals surface area contributed by atoms with Crippen molar-refractivity contribution in [3.8, 4) is 5.75 Å². The maximum atomic E-state index is 11.7. The molecule has 2 aromatic rings. The maximum absolute atomic E-state index is 11.7. The van der Waals surface area contributed by atoms with E-state index in [1.807, 2.05) is 12.1 Å². The SMILES string of the molecule is CN=C(NCc1ccc2cc(OC)ccc2c1)N1CCC(C(=O)OC)CC1.I. The first-order chi connectivity index (χ1) is 13.1. The minimum absolute atomic E-state index is 0. The van der Waals surface area contributed by atoms with Crippen molar-refractivity contribution in [2.75, 3.05) is 34.4 Å². The summed E-state index contributed by atoms with van der Waals surface area (Å²) in [6.07, 6.45) is 1.59. The van der Waals surface area contributed by atoms with Crippen molar-refractivity contribution in [2.24, 2.45) is 10.9 Å². The summed E-state index contributed by atoms with van der Waals surface area (Å²) in [5.41, 5.74) is 1.19. The number of halogens is 1. The quantitative estimate of drug-likeness (QED) is 0.304.